The largest absolute Gasteiger partial charge is 0.358 e. The summed E-state index contributed by atoms with van der Waals surface area (Å²) in [7, 11) is 1.57. The first-order chi connectivity index (χ1) is 9.54. The van der Waals surface area contributed by atoms with Crippen LogP contribution in [0.3, 0.4) is 0 Å². The predicted octanol–water partition coefficient (Wildman–Crippen LogP) is 1.38. The van der Waals surface area contributed by atoms with Crippen LogP contribution in [-0.2, 0) is 4.79 Å². The maximum Gasteiger partial charge on any atom is 0.233 e. The number of aromatic amines is 1. The van der Waals surface area contributed by atoms with E-state index in [1.54, 1.807) is 14.0 Å². The van der Waals surface area contributed by atoms with E-state index in [1.807, 2.05) is 31.2 Å². The highest BCUT2D eigenvalue weighted by Crippen LogP contribution is 2.23. The molecule has 0 spiro atoms. The lowest BCUT2D eigenvalue weighted by molar-refractivity contribution is -0.119. The van der Waals surface area contributed by atoms with E-state index in [-0.39, 0.29) is 18.2 Å². The van der Waals surface area contributed by atoms with E-state index < -0.39 is 6.04 Å². The average Bonchev–Trinajstić information content (AvgIpc) is 2.79. The lowest BCUT2D eigenvalue weighted by Crippen LogP contribution is -2.40. The molecule has 1 aromatic carbocycles. The Labute approximate surface area is 117 Å². The molecule has 1 aromatic heterocycles. The Morgan fingerprint density at radius 1 is 1.30 bits per heavy atom. The number of H-pyrrole nitrogens is 1. The first kappa shape index (κ1) is 14.3. The Bertz CT molecular complexity index is 646. The minimum absolute atomic E-state index is 0.0103. The standard InChI is InChI=1S/C15H19N3O2/c1-9-14(11-6-4-5-7-12(11)18-9)15(20)10(2)17-8-13(19)16-3/h4-7,10,17-18H,8H2,1-3H3,(H,16,19)/t10-/m0/s1. The van der Waals surface area contributed by atoms with Crippen LogP contribution in [0.25, 0.3) is 10.9 Å². The number of nitrogens with one attached hydrogen (secondary N) is 3. The molecule has 1 atom stereocenters. The van der Waals surface area contributed by atoms with Crippen molar-refractivity contribution in [1.82, 2.24) is 15.6 Å². The van der Waals surface area contributed by atoms with Gasteiger partial charge in [-0.05, 0) is 19.9 Å². The molecule has 0 saturated heterocycles. The van der Waals surface area contributed by atoms with Gasteiger partial charge >= 0.3 is 0 Å². The zero-order valence-electron chi connectivity index (χ0n) is 11.9. The summed E-state index contributed by atoms with van der Waals surface area (Å²) in [6.07, 6.45) is 0. The third-order valence-corrected chi connectivity index (χ3v) is 3.38. The van der Waals surface area contributed by atoms with Gasteiger partial charge in [0.25, 0.3) is 0 Å². The van der Waals surface area contributed by atoms with Crippen LogP contribution in [0, 0.1) is 6.92 Å². The summed E-state index contributed by atoms with van der Waals surface area (Å²) in [5.74, 6) is -0.149. The Morgan fingerprint density at radius 3 is 2.70 bits per heavy atom. The molecule has 106 valence electrons. The maximum atomic E-state index is 12.5. The van der Waals surface area contributed by atoms with Gasteiger partial charge in [-0.1, -0.05) is 18.2 Å². The van der Waals surface area contributed by atoms with E-state index in [2.05, 4.69) is 15.6 Å². The third-order valence-electron chi connectivity index (χ3n) is 3.38. The summed E-state index contributed by atoms with van der Waals surface area (Å²) in [5.41, 5.74) is 2.49. The first-order valence-corrected chi connectivity index (χ1v) is 6.60. The molecule has 0 unspecified atom stereocenters. The fourth-order valence-corrected chi connectivity index (χ4v) is 2.24. The Hall–Kier alpha value is -2.14. The number of amides is 1. The number of para-hydroxylation sites is 1. The third kappa shape index (κ3) is 2.72. The van der Waals surface area contributed by atoms with Crippen molar-refractivity contribution in [3.63, 3.8) is 0 Å². The van der Waals surface area contributed by atoms with Gasteiger partial charge in [0.15, 0.2) is 5.78 Å². The van der Waals surface area contributed by atoms with Crippen LogP contribution in [0.5, 0.6) is 0 Å². The maximum absolute atomic E-state index is 12.5. The fourth-order valence-electron chi connectivity index (χ4n) is 2.24. The van der Waals surface area contributed by atoms with Gasteiger partial charge in [0.05, 0.1) is 12.6 Å². The van der Waals surface area contributed by atoms with Gasteiger partial charge in [-0.25, -0.2) is 0 Å². The van der Waals surface area contributed by atoms with E-state index >= 15 is 0 Å². The van der Waals surface area contributed by atoms with E-state index in [9.17, 15) is 9.59 Å². The van der Waals surface area contributed by atoms with Crippen molar-refractivity contribution in [2.75, 3.05) is 13.6 Å². The Kier molecular flexibility index (Phi) is 4.20. The number of rotatable bonds is 5. The second-order valence-corrected chi connectivity index (χ2v) is 4.81. The van der Waals surface area contributed by atoms with Gasteiger partial charge in [-0.15, -0.1) is 0 Å². The molecule has 1 heterocycles. The SMILES string of the molecule is CNC(=O)CN[C@@H](C)C(=O)c1c(C)[nH]c2ccccc12. The fraction of sp³-hybridized carbons (Fsp3) is 0.333. The van der Waals surface area contributed by atoms with Crippen molar-refractivity contribution in [2.45, 2.75) is 19.9 Å². The van der Waals surface area contributed by atoms with Crippen LogP contribution in [0.4, 0.5) is 0 Å². The normalized spacial score (nSPS) is 12.3. The Morgan fingerprint density at radius 2 is 2.00 bits per heavy atom. The molecule has 5 heteroatoms. The van der Waals surface area contributed by atoms with Gasteiger partial charge < -0.3 is 10.3 Å². The summed E-state index contributed by atoms with van der Waals surface area (Å²) in [5, 5.41) is 6.37. The molecule has 5 nitrogen and oxygen atoms in total. The monoisotopic (exact) mass is 273 g/mol. The highest BCUT2D eigenvalue weighted by Gasteiger charge is 2.21. The topological polar surface area (TPSA) is 74.0 Å². The number of aromatic nitrogens is 1. The number of carbonyl (C=O) groups excluding carboxylic acids is 2. The number of benzene rings is 1. The Balaban J connectivity index is 2.22. The van der Waals surface area contributed by atoms with Crippen LogP contribution in [0.15, 0.2) is 24.3 Å². The lowest BCUT2D eigenvalue weighted by atomic mass is 10.0. The molecule has 0 saturated carbocycles. The molecule has 1 amide bonds. The molecule has 3 N–H and O–H groups in total. The van der Waals surface area contributed by atoms with Gasteiger partial charge in [0.2, 0.25) is 5.91 Å². The highest BCUT2D eigenvalue weighted by atomic mass is 16.2. The number of likely N-dealkylation sites (N-methyl/N-ethyl adjacent to an activating group) is 1. The minimum Gasteiger partial charge on any atom is -0.358 e. The van der Waals surface area contributed by atoms with Gasteiger partial charge in [0.1, 0.15) is 0 Å². The molecule has 2 rings (SSSR count). The molecular formula is C15H19N3O2. The molecule has 2 aromatic rings. The summed E-state index contributed by atoms with van der Waals surface area (Å²) in [4.78, 5) is 27.0. The summed E-state index contributed by atoms with van der Waals surface area (Å²) < 4.78 is 0. The van der Waals surface area contributed by atoms with Crippen molar-refractivity contribution in [3.8, 4) is 0 Å². The van der Waals surface area contributed by atoms with E-state index in [0.29, 0.717) is 5.56 Å². The predicted molar refractivity (Wildman–Crippen MR) is 78.9 cm³/mol. The van der Waals surface area contributed by atoms with Gasteiger partial charge in [-0.3, -0.25) is 14.9 Å². The van der Waals surface area contributed by atoms with Crippen molar-refractivity contribution in [3.05, 3.63) is 35.5 Å². The molecular weight excluding hydrogens is 254 g/mol. The lowest BCUT2D eigenvalue weighted by Gasteiger charge is -2.12. The van der Waals surface area contributed by atoms with Crippen LogP contribution in [0.1, 0.15) is 23.0 Å². The molecule has 0 aliphatic carbocycles. The van der Waals surface area contributed by atoms with E-state index in [1.165, 1.54) is 0 Å². The number of hydrogen-bond acceptors (Lipinski definition) is 3. The molecule has 20 heavy (non-hydrogen) atoms. The van der Waals surface area contributed by atoms with Crippen molar-refractivity contribution in [2.24, 2.45) is 0 Å². The van der Waals surface area contributed by atoms with Crippen LogP contribution >= 0.6 is 0 Å². The quantitative estimate of drug-likeness (QED) is 0.721. The number of carbonyl (C=O) groups is 2. The number of hydrogen-bond donors (Lipinski definition) is 3. The smallest absolute Gasteiger partial charge is 0.233 e. The van der Waals surface area contributed by atoms with Gasteiger partial charge in [0, 0.05) is 29.2 Å². The average molecular weight is 273 g/mol. The molecule has 0 aliphatic heterocycles. The van der Waals surface area contributed by atoms with Gasteiger partial charge in [-0.2, -0.15) is 0 Å². The number of fused-ring (bicyclic) bond motifs is 1. The second-order valence-electron chi connectivity index (χ2n) is 4.81. The summed E-state index contributed by atoms with van der Waals surface area (Å²) >= 11 is 0. The molecule has 0 aliphatic rings. The van der Waals surface area contributed by atoms with Crippen molar-refractivity contribution in [1.29, 1.82) is 0 Å². The molecule has 0 radical (unpaired) electrons. The molecule has 0 fully saturated rings. The second kappa shape index (κ2) is 5.88. The van der Waals surface area contributed by atoms with Crippen molar-refractivity contribution < 1.29 is 9.59 Å². The van der Waals surface area contributed by atoms with E-state index in [0.717, 1.165) is 16.6 Å². The van der Waals surface area contributed by atoms with Crippen LogP contribution in [-0.4, -0.2) is 36.3 Å². The molecule has 0 bridgehead atoms. The zero-order chi connectivity index (χ0) is 14.7. The summed E-state index contributed by atoms with van der Waals surface area (Å²) in [6, 6.07) is 7.30. The van der Waals surface area contributed by atoms with Crippen LogP contribution < -0.4 is 10.6 Å². The zero-order valence-corrected chi connectivity index (χ0v) is 11.9. The minimum atomic E-state index is -0.412. The number of aryl methyl sites for hydroxylation is 1. The number of Topliss-reactive ketones (excluding diaryl/α,β-unsaturated/α-hetero) is 1. The summed E-state index contributed by atoms with van der Waals surface area (Å²) in [6.45, 7) is 3.79. The van der Waals surface area contributed by atoms with Crippen molar-refractivity contribution >= 4 is 22.6 Å². The first-order valence-electron chi connectivity index (χ1n) is 6.60. The van der Waals surface area contributed by atoms with E-state index in [4.69, 9.17) is 0 Å². The van der Waals surface area contributed by atoms with Crippen LogP contribution in [0.2, 0.25) is 0 Å². The highest BCUT2D eigenvalue weighted by molar-refractivity contribution is 6.11. The number of ketones is 1.